The molecule has 15 heteroatoms. The minimum Gasteiger partial charge on any atom is -0.497 e. The van der Waals surface area contributed by atoms with Crippen molar-refractivity contribution < 1.29 is 57.2 Å². The molecule has 0 unspecified atom stereocenters. The lowest BCUT2D eigenvalue weighted by atomic mass is 9.87. The second kappa shape index (κ2) is 44.8. The Balaban J connectivity index is 0.000000311. The lowest BCUT2D eigenvalue weighted by Crippen LogP contribution is -2.46. The van der Waals surface area contributed by atoms with Crippen molar-refractivity contribution in [3.8, 4) is 17.2 Å². The highest BCUT2D eigenvalue weighted by Gasteiger charge is 2.36. The van der Waals surface area contributed by atoms with Crippen LogP contribution in [0.4, 0.5) is 0 Å². The monoisotopic (exact) mass is 1330 g/mol. The average molecular weight is 1330 g/mol. The first-order valence-electron chi connectivity index (χ1n) is 36.7. The first-order valence-corrected chi connectivity index (χ1v) is 36.7. The number of benzene rings is 3. The van der Waals surface area contributed by atoms with Crippen LogP contribution in [0.25, 0.3) is 18.2 Å². The highest BCUT2D eigenvalue weighted by atomic mass is 16.6. The molecule has 3 amide bonds. The van der Waals surface area contributed by atoms with Crippen molar-refractivity contribution in [3.63, 3.8) is 0 Å². The molecule has 0 atom stereocenters. The van der Waals surface area contributed by atoms with Crippen LogP contribution in [0.5, 0.6) is 17.2 Å². The van der Waals surface area contributed by atoms with E-state index in [0.29, 0.717) is 77.8 Å². The number of unbranched alkanes of at least 4 members (excludes halogenated alkanes) is 14. The Morgan fingerprint density at radius 2 is 0.604 bits per heavy atom. The Hall–Kier alpha value is -6.90. The maximum Gasteiger partial charge on any atom is 0.331 e. The number of esters is 3. The number of amides is 3. The molecule has 96 heavy (non-hydrogen) atoms. The van der Waals surface area contributed by atoms with Crippen molar-refractivity contribution >= 4 is 53.9 Å². The molecule has 0 aromatic heterocycles. The fraction of sp³-hybridized carbons (Fsp3) is 0.630. The van der Waals surface area contributed by atoms with E-state index in [1.54, 1.807) is 25.3 Å². The Labute approximate surface area is 578 Å². The van der Waals surface area contributed by atoms with Crippen molar-refractivity contribution in [2.45, 2.75) is 255 Å². The maximum atomic E-state index is 12.6. The van der Waals surface area contributed by atoms with Crippen LogP contribution in [-0.2, 0) is 43.0 Å². The molecule has 6 rings (SSSR count). The van der Waals surface area contributed by atoms with E-state index >= 15 is 0 Å². The van der Waals surface area contributed by atoms with Crippen LogP contribution >= 0.6 is 0 Å². The molecule has 0 aliphatic carbocycles. The number of piperidine rings is 3. The number of nitrogens with zero attached hydrogens (tertiary/aromatic N) is 3. The summed E-state index contributed by atoms with van der Waals surface area (Å²) in [5.74, 6) is 2.04. The van der Waals surface area contributed by atoms with Crippen LogP contribution in [0.1, 0.15) is 253 Å². The molecule has 0 spiro atoms. The first-order chi connectivity index (χ1) is 46.1. The minimum absolute atomic E-state index is 0.128. The standard InChI is InChI=1S/C32H51NO4.C28H43NO4.C21H29NO4/c1-5-7-8-9-10-11-12-13-14-15-26-36-28-19-16-27(17-20-28)18-21-30(34)37-29-22-24-33(25-23-29)31(35)32(3,4)6-2;1-5-7-8-9-10-11-22-32-24-15-12-23(13-16-24)14-17-26(30)33-25-18-20-29(21-19-25)27(31)28(3,4)6-2;1-5-21(2,3)20(24)22-14-12-18(13-15-22)26-19(23)11-8-16-6-9-17(25-4)10-7-16/h16-21,29H,5-15,22-26H2,1-4H3;12-17,25H,5-11,18-22H2,1-4H3;6-11,18H,5,12-15H2,1-4H3/b21-18+;17-14+;11-8+. The Morgan fingerprint density at radius 3 is 0.844 bits per heavy atom. The summed E-state index contributed by atoms with van der Waals surface area (Å²) in [4.78, 5) is 79.9. The molecule has 3 fully saturated rings. The van der Waals surface area contributed by atoms with Gasteiger partial charge in [0.15, 0.2) is 0 Å². The Morgan fingerprint density at radius 1 is 0.365 bits per heavy atom. The summed E-state index contributed by atoms with van der Waals surface area (Å²) in [5.41, 5.74) is 1.78. The van der Waals surface area contributed by atoms with Gasteiger partial charge in [-0.15, -0.1) is 0 Å². The predicted octanol–water partition coefficient (Wildman–Crippen LogP) is 18.1. The molecule has 0 bridgehead atoms. The normalized spacial score (nSPS) is 15.2. The van der Waals surface area contributed by atoms with Crippen molar-refractivity contribution in [1.29, 1.82) is 0 Å². The van der Waals surface area contributed by atoms with Gasteiger partial charge < -0.3 is 43.1 Å². The summed E-state index contributed by atoms with van der Waals surface area (Å²) >= 11 is 0. The summed E-state index contributed by atoms with van der Waals surface area (Å²) < 4.78 is 33.5. The fourth-order valence-electron chi connectivity index (χ4n) is 11.3. The fourth-order valence-corrected chi connectivity index (χ4v) is 11.3. The Kier molecular flexibility index (Phi) is 38.1. The minimum atomic E-state index is -0.348. The van der Waals surface area contributed by atoms with Gasteiger partial charge in [-0.2, -0.15) is 0 Å². The summed E-state index contributed by atoms with van der Waals surface area (Å²) in [6.45, 7) is 27.9. The molecule has 0 saturated carbocycles. The van der Waals surface area contributed by atoms with Crippen LogP contribution in [0.3, 0.4) is 0 Å². The number of methoxy groups -OCH3 is 1. The van der Waals surface area contributed by atoms with Crippen molar-refractivity contribution in [2.24, 2.45) is 16.2 Å². The van der Waals surface area contributed by atoms with Crippen molar-refractivity contribution in [1.82, 2.24) is 14.7 Å². The Bertz CT molecular complexity index is 2800. The lowest BCUT2D eigenvalue weighted by Gasteiger charge is -2.36. The molecular formula is C81H123N3O12. The van der Waals surface area contributed by atoms with Crippen LogP contribution in [0, 0.1) is 16.2 Å². The molecule has 3 aliphatic heterocycles. The van der Waals surface area contributed by atoms with E-state index in [9.17, 15) is 28.8 Å². The van der Waals surface area contributed by atoms with Gasteiger partial charge in [-0.25, -0.2) is 14.4 Å². The van der Waals surface area contributed by atoms with E-state index < -0.39 is 0 Å². The SMILES string of the molecule is CCC(C)(C)C(=O)N1CCC(OC(=O)/C=C/c2ccc(OC)cc2)CC1.CCCCCCCCCCCCOc1ccc(/C=C/C(=O)OC2CCN(C(=O)C(C)(C)CC)CC2)cc1.CCCCCCCCOc1ccc(/C=C/C(=O)OC2CCN(C(=O)C(C)(C)CC)CC2)cc1. The number of carbonyl (C=O) groups is 6. The van der Waals surface area contributed by atoms with Gasteiger partial charge in [0.1, 0.15) is 35.6 Å². The van der Waals surface area contributed by atoms with E-state index in [1.165, 1.54) is 108 Å². The van der Waals surface area contributed by atoms with E-state index in [2.05, 4.69) is 13.8 Å². The molecule has 15 nitrogen and oxygen atoms in total. The highest BCUT2D eigenvalue weighted by molar-refractivity contribution is 5.89. The molecule has 3 saturated heterocycles. The van der Waals surface area contributed by atoms with E-state index in [4.69, 9.17) is 28.4 Å². The van der Waals surface area contributed by atoms with E-state index in [-0.39, 0.29) is 70.2 Å². The summed E-state index contributed by atoms with van der Waals surface area (Å²) in [6, 6.07) is 23.0. The number of likely N-dealkylation sites (tertiary alicyclic amines) is 3. The zero-order chi connectivity index (χ0) is 70.2. The lowest BCUT2D eigenvalue weighted by molar-refractivity contribution is -0.150. The molecular weight excluding hydrogens is 1210 g/mol. The topological polar surface area (TPSA) is 168 Å². The van der Waals surface area contributed by atoms with Gasteiger partial charge in [-0.3, -0.25) is 14.4 Å². The largest absolute Gasteiger partial charge is 0.497 e. The van der Waals surface area contributed by atoms with Gasteiger partial charge in [0.25, 0.3) is 0 Å². The van der Waals surface area contributed by atoms with Gasteiger partial charge in [-0.1, -0.05) is 202 Å². The number of rotatable bonds is 36. The molecule has 0 N–H and O–H groups in total. The van der Waals surface area contributed by atoms with Gasteiger partial charge in [0.05, 0.1) is 20.3 Å². The quantitative estimate of drug-likeness (QED) is 0.0234. The second-order valence-corrected chi connectivity index (χ2v) is 28.1. The molecule has 0 radical (unpaired) electrons. The van der Waals surface area contributed by atoms with Gasteiger partial charge in [-0.05, 0) is 103 Å². The number of ether oxygens (including phenoxy) is 6. The highest BCUT2D eigenvalue weighted by Crippen LogP contribution is 2.29. The van der Waals surface area contributed by atoms with Crippen LogP contribution in [-0.4, -0.2) is 128 Å². The van der Waals surface area contributed by atoms with Gasteiger partial charge in [0.2, 0.25) is 17.7 Å². The smallest absolute Gasteiger partial charge is 0.331 e. The molecule has 534 valence electrons. The van der Waals surface area contributed by atoms with Gasteiger partial charge in [0, 0.05) is 112 Å². The third-order valence-corrected chi connectivity index (χ3v) is 19.1. The molecule has 3 heterocycles. The van der Waals surface area contributed by atoms with Crippen LogP contribution in [0.15, 0.2) is 91.0 Å². The average Bonchev–Trinajstić information content (AvgIpc) is 0.987. The van der Waals surface area contributed by atoms with Gasteiger partial charge >= 0.3 is 17.9 Å². The number of hydrogen-bond donors (Lipinski definition) is 0. The third kappa shape index (κ3) is 31.5. The maximum absolute atomic E-state index is 12.6. The molecule has 3 aromatic rings. The van der Waals surface area contributed by atoms with E-state index in [0.717, 1.165) is 79.3 Å². The van der Waals surface area contributed by atoms with Crippen LogP contribution < -0.4 is 14.2 Å². The molecule has 3 aliphatic rings. The second-order valence-electron chi connectivity index (χ2n) is 28.1. The summed E-state index contributed by atoms with van der Waals surface area (Å²) in [5, 5.41) is 0. The summed E-state index contributed by atoms with van der Waals surface area (Å²) in [7, 11) is 1.62. The summed E-state index contributed by atoms with van der Waals surface area (Å²) in [6.07, 6.45) is 36.5. The van der Waals surface area contributed by atoms with Crippen molar-refractivity contribution in [3.05, 3.63) is 108 Å². The number of carbonyl (C=O) groups excluding carboxylic acids is 6. The zero-order valence-electron chi connectivity index (χ0n) is 61.2. The third-order valence-electron chi connectivity index (χ3n) is 19.1. The zero-order valence-corrected chi connectivity index (χ0v) is 61.2. The molecule has 3 aromatic carbocycles. The first kappa shape index (κ1) is 81.5. The van der Waals surface area contributed by atoms with Crippen molar-refractivity contribution in [2.75, 3.05) is 59.6 Å². The number of hydrogen-bond acceptors (Lipinski definition) is 12. The van der Waals surface area contributed by atoms with E-state index in [1.807, 2.05) is 150 Å². The predicted molar refractivity (Wildman–Crippen MR) is 388 cm³/mol. The van der Waals surface area contributed by atoms with Crippen LogP contribution in [0.2, 0.25) is 0 Å².